The van der Waals surface area contributed by atoms with Crippen LogP contribution in [-0.4, -0.2) is 28.1 Å². The lowest BCUT2D eigenvalue weighted by Gasteiger charge is -2.59. The fraction of sp³-hybridized carbons (Fsp3) is 0.857. The Labute approximate surface area is 151 Å². The molecule has 25 heavy (non-hydrogen) atoms. The van der Waals surface area contributed by atoms with Crippen LogP contribution >= 0.6 is 0 Å². The molecule has 8 unspecified atom stereocenters. The van der Waals surface area contributed by atoms with Crippen molar-refractivity contribution in [2.24, 2.45) is 45.4 Å². The SMILES string of the molecule is C/C(=N\N)C1CCC2C3CC=C4CC(O)CCC4(C)C3C(O)CC12C. The summed E-state index contributed by atoms with van der Waals surface area (Å²) in [6.45, 7) is 6.78. The predicted molar refractivity (Wildman–Crippen MR) is 99.9 cm³/mol. The van der Waals surface area contributed by atoms with Crippen LogP contribution in [0.3, 0.4) is 0 Å². The molecule has 0 bridgehead atoms. The largest absolute Gasteiger partial charge is 0.393 e. The zero-order chi connectivity index (χ0) is 18.0. The quantitative estimate of drug-likeness (QED) is 0.295. The van der Waals surface area contributed by atoms with Gasteiger partial charge < -0.3 is 16.1 Å². The second kappa shape index (κ2) is 5.82. The van der Waals surface area contributed by atoms with Crippen molar-refractivity contribution in [3.8, 4) is 0 Å². The molecule has 0 radical (unpaired) electrons. The van der Waals surface area contributed by atoms with E-state index in [9.17, 15) is 10.2 Å². The Balaban J connectivity index is 1.71. The fourth-order valence-electron chi connectivity index (χ4n) is 7.55. The summed E-state index contributed by atoms with van der Waals surface area (Å²) >= 11 is 0. The number of rotatable bonds is 1. The third kappa shape index (κ3) is 2.36. The number of hydrazone groups is 1. The van der Waals surface area contributed by atoms with Crippen molar-refractivity contribution in [3.63, 3.8) is 0 Å². The van der Waals surface area contributed by atoms with Gasteiger partial charge in [0.1, 0.15) is 0 Å². The van der Waals surface area contributed by atoms with Gasteiger partial charge in [0, 0.05) is 11.6 Å². The molecule has 8 atom stereocenters. The molecule has 4 heteroatoms. The summed E-state index contributed by atoms with van der Waals surface area (Å²) in [5.41, 5.74) is 2.64. The number of nitrogens with two attached hydrogens (primary N) is 1. The van der Waals surface area contributed by atoms with Crippen LogP contribution in [0.1, 0.15) is 65.7 Å². The van der Waals surface area contributed by atoms with Gasteiger partial charge >= 0.3 is 0 Å². The average molecular weight is 347 g/mol. The van der Waals surface area contributed by atoms with Crippen LogP contribution in [0.2, 0.25) is 0 Å². The van der Waals surface area contributed by atoms with Gasteiger partial charge in [0.25, 0.3) is 0 Å². The predicted octanol–water partition coefficient (Wildman–Crippen LogP) is 3.23. The molecule has 0 saturated heterocycles. The van der Waals surface area contributed by atoms with E-state index in [0.717, 1.165) is 44.2 Å². The summed E-state index contributed by atoms with van der Waals surface area (Å²) in [5.74, 6) is 7.55. The highest BCUT2D eigenvalue weighted by atomic mass is 16.3. The molecule has 0 aromatic rings. The smallest absolute Gasteiger partial charge is 0.0585 e. The molecule has 140 valence electrons. The topological polar surface area (TPSA) is 78.8 Å². The summed E-state index contributed by atoms with van der Waals surface area (Å²) in [4.78, 5) is 0. The van der Waals surface area contributed by atoms with E-state index in [1.165, 1.54) is 12.0 Å². The van der Waals surface area contributed by atoms with Crippen LogP contribution < -0.4 is 5.84 Å². The molecule has 0 aromatic heterocycles. The van der Waals surface area contributed by atoms with E-state index in [0.29, 0.717) is 23.7 Å². The van der Waals surface area contributed by atoms with Gasteiger partial charge in [-0.15, -0.1) is 0 Å². The third-order valence-corrected chi connectivity index (χ3v) is 8.72. The Morgan fingerprint density at radius 2 is 2.00 bits per heavy atom. The van der Waals surface area contributed by atoms with Crippen molar-refractivity contribution in [2.45, 2.75) is 77.9 Å². The van der Waals surface area contributed by atoms with Crippen molar-refractivity contribution in [2.75, 3.05) is 0 Å². The number of hydrogen-bond acceptors (Lipinski definition) is 4. The molecule has 0 aliphatic heterocycles. The van der Waals surface area contributed by atoms with E-state index in [4.69, 9.17) is 5.84 Å². The molecule has 4 aliphatic rings. The minimum Gasteiger partial charge on any atom is -0.393 e. The number of fused-ring (bicyclic) bond motifs is 5. The second-order valence-corrected chi connectivity index (χ2v) is 9.75. The number of allylic oxidation sites excluding steroid dienone is 1. The highest BCUT2D eigenvalue weighted by molar-refractivity contribution is 5.85. The summed E-state index contributed by atoms with van der Waals surface area (Å²) < 4.78 is 0. The number of hydrogen-bond donors (Lipinski definition) is 3. The molecule has 0 spiro atoms. The maximum absolute atomic E-state index is 11.3. The van der Waals surface area contributed by atoms with Crippen molar-refractivity contribution in [1.29, 1.82) is 0 Å². The molecule has 4 aliphatic carbocycles. The van der Waals surface area contributed by atoms with E-state index in [1.807, 2.05) is 0 Å². The average Bonchev–Trinajstić information content (AvgIpc) is 2.91. The maximum atomic E-state index is 11.3. The lowest BCUT2D eigenvalue weighted by molar-refractivity contribution is -0.120. The summed E-state index contributed by atoms with van der Waals surface area (Å²) in [6, 6.07) is 0. The minimum atomic E-state index is -0.263. The highest BCUT2D eigenvalue weighted by Gasteiger charge is 2.61. The zero-order valence-electron chi connectivity index (χ0n) is 15.9. The first-order chi connectivity index (χ1) is 11.8. The summed E-state index contributed by atoms with van der Waals surface area (Å²) in [6.07, 6.45) is 8.94. The van der Waals surface area contributed by atoms with Crippen LogP contribution in [-0.2, 0) is 0 Å². The number of aliphatic hydroxyl groups excluding tert-OH is 2. The number of nitrogens with zero attached hydrogens (tertiary/aromatic N) is 1. The molecular weight excluding hydrogens is 312 g/mol. The van der Waals surface area contributed by atoms with Crippen molar-refractivity contribution in [3.05, 3.63) is 11.6 Å². The summed E-state index contributed by atoms with van der Waals surface area (Å²) in [5, 5.41) is 25.4. The van der Waals surface area contributed by atoms with E-state index < -0.39 is 0 Å². The van der Waals surface area contributed by atoms with E-state index in [1.54, 1.807) is 0 Å². The van der Waals surface area contributed by atoms with E-state index in [2.05, 4.69) is 31.9 Å². The number of aliphatic hydroxyl groups is 2. The van der Waals surface area contributed by atoms with Gasteiger partial charge in [0.05, 0.1) is 12.2 Å². The molecule has 4 nitrogen and oxygen atoms in total. The van der Waals surface area contributed by atoms with Gasteiger partial charge in [0.15, 0.2) is 0 Å². The zero-order valence-corrected chi connectivity index (χ0v) is 15.9. The first-order valence-corrected chi connectivity index (χ1v) is 10.1. The fourth-order valence-corrected chi connectivity index (χ4v) is 7.55. The standard InChI is InChI=1S/C21H34N2O2/c1-12(23-22)16-6-7-17-15-5-4-13-10-14(24)8-9-20(13,2)19(15)18(25)11-21(16,17)3/h4,14-19,24-25H,5-11,22H2,1-3H3/b23-12+. The van der Waals surface area contributed by atoms with Crippen LogP contribution in [0.4, 0.5) is 0 Å². The Bertz CT molecular complexity index is 615. The van der Waals surface area contributed by atoms with Gasteiger partial charge in [-0.05, 0) is 80.5 Å². The van der Waals surface area contributed by atoms with Crippen LogP contribution in [0, 0.1) is 34.5 Å². The monoisotopic (exact) mass is 346 g/mol. The first kappa shape index (κ1) is 17.5. The maximum Gasteiger partial charge on any atom is 0.0585 e. The van der Waals surface area contributed by atoms with Gasteiger partial charge in [-0.2, -0.15) is 5.10 Å². The van der Waals surface area contributed by atoms with E-state index in [-0.39, 0.29) is 23.0 Å². The first-order valence-electron chi connectivity index (χ1n) is 10.1. The molecule has 0 amide bonds. The van der Waals surface area contributed by atoms with Gasteiger partial charge in [0.2, 0.25) is 0 Å². The Hall–Kier alpha value is -0.870. The molecule has 3 saturated carbocycles. The van der Waals surface area contributed by atoms with E-state index >= 15 is 0 Å². The Kier molecular flexibility index (Phi) is 4.08. The van der Waals surface area contributed by atoms with Crippen LogP contribution in [0.5, 0.6) is 0 Å². The molecule has 3 fully saturated rings. The minimum absolute atomic E-state index is 0.0674. The third-order valence-electron chi connectivity index (χ3n) is 8.72. The second-order valence-electron chi connectivity index (χ2n) is 9.75. The lowest BCUT2D eigenvalue weighted by Crippen LogP contribution is -2.56. The van der Waals surface area contributed by atoms with Crippen molar-refractivity contribution < 1.29 is 10.2 Å². The van der Waals surface area contributed by atoms with Crippen LogP contribution in [0.25, 0.3) is 0 Å². The molecule has 0 aromatic carbocycles. The van der Waals surface area contributed by atoms with Crippen molar-refractivity contribution in [1.82, 2.24) is 0 Å². The van der Waals surface area contributed by atoms with Gasteiger partial charge in [-0.1, -0.05) is 25.5 Å². The molecule has 4 rings (SSSR count). The summed E-state index contributed by atoms with van der Waals surface area (Å²) in [7, 11) is 0. The van der Waals surface area contributed by atoms with Crippen LogP contribution in [0.15, 0.2) is 16.8 Å². The Morgan fingerprint density at radius 3 is 2.72 bits per heavy atom. The lowest BCUT2D eigenvalue weighted by atomic mass is 9.46. The molecular formula is C21H34N2O2. The highest BCUT2D eigenvalue weighted by Crippen LogP contribution is 2.66. The Morgan fingerprint density at radius 1 is 1.24 bits per heavy atom. The van der Waals surface area contributed by atoms with Crippen molar-refractivity contribution >= 4 is 5.71 Å². The molecule has 0 heterocycles. The molecule has 4 N–H and O–H groups in total. The normalized spacial score (nSPS) is 52.8. The van der Waals surface area contributed by atoms with Gasteiger partial charge in [-0.25, -0.2) is 0 Å². The van der Waals surface area contributed by atoms with Gasteiger partial charge in [-0.3, -0.25) is 0 Å².